The lowest BCUT2D eigenvalue weighted by Crippen LogP contribution is -2.36. The molecule has 2 aromatic rings. The first-order chi connectivity index (χ1) is 11.1. The van der Waals surface area contributed by atoms with Crippen molar-refractivity contribution in [2.24, 2.45) is 7.05 Å². The lowest BCUT2D eigenvalue weighted by atomic mass is 10.1. The summed E-state index contributed by atoms with van der Waals surface area (Å²) in [5.41, 5.74) is 1.49. The molecular formula is C17H20N4O2. The molecule has 120 valence electrons. The number of benzene rings is 1. The van der Waals surface area contributed by atoms with Gasteiger partial charge in [-0.1, -0.05) is 30.3 Å². The number of carbonyl (C=O) groups is 2. The summed E-state index contributed by atoms with van der Waals surface area (Å²) in [5, 5.41) is 5.83. The third-order valence-corrected chi connectivity index (χ3v) is 4.12. The second-order valence-electron chi connectivity index (χ2n) is 5.74. The van der Waals surface area contributed by atoms with Crippen LogP contribution in [-0.2, 0) is 11.8 Å². The molecule has 2 N–H and O–H groups in total. The normalized spacial score (nSPS) is 18.1. The van der Waals surface area contributed by atoms with E-state index in [1.165, 1.54) is 0 Å². The van der Waals surface area contributed by atoms with Crippen molar-refractivity contribution < 1.29 is 9.59 Å². The van der Waals surface area contributed by atoms with E-state index in [1.807, 2.05) is 37.4 Å². The van der Waals surface area contributed by atoms with Gasteiger partial charge in [-0.2, -0.15) is 0 Å². The van der Waals surface area contributed by atoms with Gasteiger partial charge in [0.15, 0.2) is 0 Å². The van der Waals surface area contributed by atoms with Crippen LogP contribution in [0.4, 0.5) is 0 Å². The number of carbonyl (C=O) groups excluding carboxylic acids is 2. The highest BCUT2D eigenvalue weighted by atomic mass is 16.2. The molecule has 2 heterocycles. The minimum absolute atomic E-state index is 0.0107. The van der Waals surface area contributed by atoms with Gasteiger partial charge in [0.2, 0.25) is 5.91 Å². The Bertz CT molecular complexity index is 709. The van der Waals surface area contributed by atoms with E-state index in [-0.39, 0.29) is 17.9 Å². The molecule has 1 aliphatic rings. The van der Waals surface area contributed by atoms with Crippen LogP contribution in [0.2, 0.25) is 0 Å². The average Bonchev–Trinajstić information content (AvgIpc) is 2.83. The maximum Gasteiger partial charge on any atom is 0.269 e. The van der Waals surface area contributed by atoms with Crippen LogP contribution >= 0.6 is 0 Å². The van der Waals surface area contributed by atoms with E-state index in [4.69, 9.17) is 0 Å². The molecule has 6 nitrogen and oxygen atoms in total. The smallest absolute Gasteiger partial charge is 0.269 e. The molecule has 3 rings (SSSR count). The summed E-state index contributed by atoms with van der Waals surface area (Å²) in [5.74, 6) is 0.656. The largest absolute Gasteiger partial charge is 0.356 e. The summed E-state index contributed by atoms with van der Waals surface area (Å²) in [6, 6.07) is 9.77. The van der Waals surface area contributed by atoms with E-state index in [9.17, 15) is 9.59 Å². The SMILES string of the molecule is Cn1c(C(=O)NC2CCNC(=O)CC2)cnc1-c1ccccc1. The molecule has 1 unspecified atom stereocenters. The quantitative estimate of drug-likeness (QED) is 0.901. The summed E-state index contributed by atoms with van der Waals surface area (Å²) < 4.78 is 1.80. The summed E-state index contributed by atoms with van der Waals surface area (Å²) in [6.07, 6.45) is 3.46. The van der Waals surface area contributed by atoms with Crippen molar-refractivity contribution >= 4 is 11.8 Å². The Morgan fingerprint density at radius 3 is 2.87 bits per heavy atom. The van der Waals surface area contributed by atoms with Gasteiger partial charge in [-0.25, -0.2) is 4.98 Å². The zero-order valence-corrected chi connectivity index (χ0v) is 13.1. The Hall–Kier alpha value is -2.63. The Balaban J connectivity index is 1.73. The van der Waals surface area contributed by atoms with Crippen LogP contribution in [0.15, 0.2) is 36.5 Å². The van der Waals surface area contributed by atoms with Crippen molar-refractivity contribution in [3.05, 3.63) is 42.2 Å². The highest BCUT2D eigenvalue weighted by Gasteiger charge is 2.21. The number of nitrogens with one attached hydrogen (secondary N) is 2. The summed E-state index contributed by atoms with van der Waals surface area (Å²) >= 11 is 0. The van der Waals surface area contributed by atoms with Crippen LogP contribution < -0.4 is 10.6 Å². The van der Waals surface area contributed by atoms with Crippen molar-refractivity contribution in [1.29, 1.82) is 0 Å². The Morgan fingerprint density at radius 1 is 1.30 bits per heavy atom. The number of rotatable bonds is 3. The van der Waals surface area contributed by atoms with E-state index in [0.29, 0.717) is 25.1 Å². The minimum Gasteiger partial charge on any atom is -0.356 e. The van der Waals surface area contributed by atoms with Crippen molar-refractivity contribution in [3.8, 4) is 11.4 Å². The molecule has 0 spiro atoms. The van der Waals surface area contributed by atoms with Gasteiger partial charge in [0.1, 0.15) is 11.5 Å². The number of nitrogens with zero attached hydrogens (tertiary/aromatic N) is 2. The Labute approximate surface area is 134 Å². The van der Waals surface area contributed by atoms with Gasteiger partial charge in [0.25, 0.3) is 5.91 Å². The second kappa shape index (κ2) is 6.64. The molecule has 6 heteroatoms. The van der Waals surface area contributed by atoms with Gasteiger partial charge >= 0.3 is 0 Å². The lowest BCUT2D eigenvalue weighted by Gasteiger charge is -2.15. The molecule has 1 aliphatic heterocycles. The van der Waals surface area contributed by atoms with Crippen LogP contribution in [0.25, 0.3) is 11.4 Å². The standard InChI is InChI=1S/C17H20N4O2/c1-21-14(11-19-16(21)12-5-3-2-4-6-12)17(23)20-13-7-8-15(22)18-10-9-13/h2-6,11,13H,7-10H2,1H3,(H,18,22)(H,20,23). The lowest BCUT2D eigenvalue weighted by molar-refractivity contribution is -0.120. The van der Waals surface area contributed by atoms with Gasteiger partial charge in [-0.3, -0.25) is 9.59 Å². The first-order valence-electron chi connectivity index (χ1n) is 7.80. The fourth-order valence-corrected chi connectivity index (χ4v) is 2.80. The fourth-order valence-electron chi connectivity index (χ4n) is 2.80. The second-order valence-corrected chi connectivity index (χ2v) is 5.74. The number of hydrogen-bond acceptors (Lipinski definition) is 3. The van der Waals surface area contributed by atoms with Crippen LogP contribution in [-0.4, -0.2) is 34.0 Å². The number of aromatic nitrogens is 2. The van der Waals surface area contributed by atoms with E-state index < -0.39 is 0 Å². The Kier molecular flexibility index (Phi) is 4.41. The number of hydrogen-bond donors (Lipinski definition) is 2. The molecule has 0 radical (unpaired) electrons. The molecule has 0 saturated carbocycles. The number of imidazole rings is 1. The topological polar surface area (TPSA) is 76.0 Å². The first kappa shape index (κ1) is 15.3. The number of amides is 2. The molecule has 1 saturated heterocycles. The zero-order chi connectivity index (χ0) is 16.2. The van der Waals surface area contributed by atoms with Crippen LogP contribution in [0.5, 0.6) is 0 Å². The highest BCUT2D eigenvalue weighted by Crippen LogP contribution is 2.18. The van der Waals surface area contributed by atoms with Crippen LogP contribution in [0.1, 0.15) is 29.8 Å². The van der Waals surface area contributed by atoms with Crippen molar-refractivity contribution in [2.75, 3.05) is 6.54 Å². The van der Waals surface area contributed by atoms with Gasteiger partial charge < -0.3 is 15.2 Å². The average molecular weight is 312 g/mol. The third-order valence-electron chi connectivity index (χ3n) is 4.12. The van der Waals surface area contributed by atoms with E-state index in [1.54, 1.807) is 10.8 Å². The summed E-state index contributed by atoms with van der Waals surface area (Å²) in [6.45, 7) is 0.602. The monoisotopic (exact) mass is 312 g/mol. The first-order valence-corrected chi connectivity index (χ1v) is 7.80. The predicted octanol–water partition coefficient (Wildman–Crippen LogP) is 1.49. The molecular weight excluding hydrogens is 292 g/mol. The highest BCUT2D eigenvalue weighted by molar-refractivity contribution is 5.93. The molecule has 0 bridgehead atoms. The molecule has 2 amide bonds. The molecule has 1 fully saturated rings. The van der Waals surface area contributed by atoms with Crippen LogP contribution in [0, 0.1) is 0 Å². The molecule has 1 aromatic heterocycles. The predicted molar refractivity (Wildman–Crippen MR) is 86.8 cm³/mol. The van der Waals surface area contributed by atoms with E-state index >= 15 is 0 Å². The molecule has 1 atom stereocenters. The van der Waals surface area contributed by atoms with Gasteiger partial charge in [-0.05, 0) is 12.8 Å². The van der Waals surface area contributed by atoms with E-state index in [0.717, 1.165) is 17.8 Å². The van der Waals surface area contributed by atoms with Crippen molar-refractivity contribution in [1.82, 2.24) is 20.2 Å². The van der Waals surface area contributed by atoms with Crippen molar-refractivity contribution in [2.45, 2.75) is 25.3 Å². The zero-order valence-electron chi connectivity index (χ0n) is 13.1. The molecule has 1 aromatic carbocycles. The van der Waals surface area contributed by atoms with Gasteiger partial charge in [0, 0.05) is 31.6 Å². The van der Waals surface area contributed by atoms with E-state index in [2.05, 4.69) is 15.6 Å². The third kappa shape index (κ3) is 3.41. The fraction of sp³-hybridized carbons (Fsp3) is 0.353. The van der Waals surface area contributed by atoms with Crippen LogP contribution in [0.3, 0.4) is 0 Å². The maximum absolute atomic E-state index is 12.5. The molecule has 0 aliphatic carbocycles. The minimum atomic E-state index is -0.151. The van der Waals surface area contributed by atoms with Gasteiger partial charge in [0.05, 0.1) is 6.20 Å². The Morgan fingerprint density at radius 2 is 2.09 bits per heavy atom. The summed E-state index contributed by atoms with van der Waals surface area (Å²) in [4.78, 5) is 28.2. The summed E-state index contributed by atoms with van der Waals surface area (Å²) in [7, 11) is 1.84. The maximum atomic E-state index is 12.5. The molecule has 23 heavy (non-hydrogen) atoms. The van der Waals surface area contributed by atoms with Crippen molar-refractivity contribution in [3.63, 3.8) is 0 Å². The van der Waals surface area contributed by atoms with Gasteiger partial charge in [-0.15, -0.1) is 0 Å².